The Morgan fingerprint density at radius 1 is 1.37 bits per heavy atom. The zero-order valence-corrected chi connectivity index (χ0v) is 10.8. The molecule has 0 radical (unpaired) electrons. The smallest absolute Gasteiger partial charge is 0.320 e. The number of carboxylic acids is 1. The number of carboxylic acid groups (broad SMARTS) is 1. The zero-order chi connectivity index (χ0) is 13.8. The summed E-state index contributed by atoms with van der Waals surface area (Å²) in [6, 6.07) is -0.340. The number of morpholine rings is 1. The Balaban J connectivity index is 1.98. The van der Waals surface area contributed by atoms with Gasteiger partial charge in [-0.2, -0.15) is 0 Å². The minimum Gasteiger partial charge on any atom is -0.481 e. The molecule has 19 heavy (non-hydrogen) atoms. The standard InChI is InChI=1S/C12H20N2O5/c15-7-10-8-19-6-5-14(10)12(18)13(9-1-2-9)4-3-11(16)17/h9-10,15H,1-8H2,(H,16,17). The van der Waals surface area contributed by atoms with Gasteiger partial charge in [0.05, 0.1) is 32.3 Å². The topological polar surface area (TPSA) is 90.3 Å². The molecule has 0 spiro atoms. The van der Waals surface area contributed by atoms with Crippen LogP contribution < -0.4 is 0 Å². The van der Waals surface area contributed by atoms with Crippen LogP contribution in [0.4, 0.5) is 4.79 Å². The third-order valence-corrected chi connectivity index (χ3v) is 3.48. The van der Waals surface area contributed by atoms with Crippen LogP contribution >= 0.6 is 0 Å². The molecule has 7 heteroatoms. The molecule has 2 rings (SSSR count). The van der Waals surface area contributed by atoms with Crippen molar-refractivity contribution in [3.8, 4) is 0 Å². The van der Waals surface area contributed by atoms with Crippen LogP contribution in [0.25, 0.3) is 0 Å². The second kappa shape index (κ2) is 6.21. The fraction of sp³-hybridized carbons (Fsp3) is 0.833. The molecule has 0 aromatic heterocycles. The largest absolute Gasteiger partial charge is 0.481 e. The first kappa shape index (κ1) is 14.1. The van der Waals surface area contributed by atoms with Crippen molar-refractivity contribution in [2.24, 2.45) is 0 Å². The van der Waals surface area contributed by atoms with Crippen LogP contribution in [0.1, 0.15) is 19.3 Å². The fourth-order valence-electron chi connectivity index (χ4n) is 2.26. The molecule has 2 fully saturated rings. The average molecular weight is 272 g/mol. The molecule has 2 N–H and O–H groups in total. The number of aliphatic carboxylic acids is 1. The van der Waals surface area contributed by atoms with Gasteiger partial charge in [0, 0.05) is 19.1 Å². The molecule has 0 aromatic rings. The van der Waals surface area contributed by atoms with Gasteiger partial charge in [0.2, 0.25) is 0 Å². The predicted octanol–water partition coefficient (Wildman–Crippen LogP) is -0.261. The van der Waals surface area contributed by atoms with E-state index in [1.807, 2.05) is 0 Å². The van der Waals surface area contributed by atoms with Crippen LogP contribution in [-0.4, -0.2) is 77.0 Å². The summed E-state index contributed by atoms with van der Waals surface area (Å²) in [4.78, 5) is 26.3. The fourth-order valence-corrected chi connectivity index (χ4v) is 2.26. The summed E-state index contributed by atoms with van der Waals surface area (Å²) >= 11 is 0. The van der Waals surface area contributed by atoms with Gasteiger partial charge in [-0.3, -0.25) is 4.79 Å². The van der Waals surface area contributed by atoms with Gasteiger partial charge in [-0.25, -0.2) is 4.79 Å². The average Bonchev–Trinajstić information content (AvgIpc) is 3.23. The molecule has 1 saturated carbocycles. The van der Waals surface area contributed by atoms with E-state index in [1.165, 1.54) is 0 Å². The minimum atomic E-state index is -0.904. The Bertz CT molecular complexity index is 345. The molecule has 2 aliphatic rings. The normalized spacial score (nSPS) is 23.2. The lowest BCUT2D eigenvalue weighted by Crippen LogP contribution is -2.55. The highest BCUT2D eigenvalue weighted by Crippen LogP contribution is 2.28. The number of aliphatic hydroxyl groups is 1. The molecule has 0 bridgehead atoms. The number of carbonyl (C=O) groups is 2. The molecular formula is C12H20N2O5. The van der Waals surface area contributed by atoms with E-state index in [0.29, 0.717) is 19.8 Å². The van der Waals surface area contributed by atoms with Gasteiger partial charge in [-0.15, -0.1) is 0 Å². The number of hydrogen-bond acceptors (Lipinski definition) is 4. The Labute approximate surface area is 111 Å². The molecule has 1 aliphatic carbocycles. The van der Waals surface area contributed by atoms with E-state index in [-0.39, 0.29) is 37.7 Å². The van der Waals surface area contributed by atoms with E-state index in [9.17, 15) is 14.7 Å². The molecule has 1 unspecified atom stereocenters. The first-order valence-corrected chi connectivity index (χ1v) is 6.61. The highest BCUT2D eigenvalue weighted by molar-refractivity contribution is 5.76. The molecule has 2 amide bonds. The SMILES string of the molecule is O=C(O)CCN(C(=O)N1CCOCC1CO)C1CC1. The van der Waals surface area contributed by atoms with Crippen LogP contribution in [-0.2, 0) is 9.53 Å². The van der Waals surface area contributed by atoms with Gasteiger partial charge >= 0.3 is 12.0 Å². The van der Waals surface area contributed by atoms with Crippen LogP contribution in [0.3, 0.4) is 0 Å². The molecule has 1 aliphatic heterocycles. The maximum Gasteiger partial charge on any atom is 0.320 e. The first-order valence-electron chi connectivity index (χ1n) is 6.61. The minimum absolute atomic E-state index is 0.0453. The number of ether oxygens (including phenoxy) is 1. The highest BCUT2D eigenvalue weighted by Gasteiger charge is 2.37. The maximum atomic E-state index is 12.5. The quantitative estimate of drug-likeness (QED) is 0.719. The van der Waals surface area contributed by atoms with Crippen LogP contribution in [0.5, 0.6) is 0 Å². The van der Waals surface area contributed by atoms with Crippen LogP contribution in [0, 0.1) is 0 Å². The van der Waals surface area contributed by atoms with E-state index >= 15 is 0 Å². The molecule has 1 atom stereocenters. The van der Waals surface area contributed by atoms with Crippen molar-refractivity contribution in [3.63, 3.8) is 0 Å². The van der Waals surface area contributed by atoms with Gasteiger partial charge in [-0.1, -0.05) is 0 Å². The Kier molecular flexibility index (Phi) is 4.60. The monoisotopic (exact) mass is 272 g/mol. The van der Waals surface area contributed by atoms with Gasteiger partial charge in [-0.05, 0) is 12.8 Å². The number of hydrogen-bond donors (Lipinski definition) is 2. The number of rotatable bonds is 5. The number of aliphatic hydroxyl groups excluding tert-OH is 1. The second-order valence-electron chi connectivity index (χ2n) is 4.96. The number of nitrogens with zero attached hydrogens (tertiary/aromatic N) is 2. The molecule has 7 nitrogen and oxygen atoms in total. The van der Waals surface area contributed by atoms with Crippen molar-refractivity contribution in [1.82, 2.24) is 9.80 Å². The summed E-state index contributed by atoms with van der Waals surface area (Å²) in [6.07, 6.45) is 1.81. The molecular weight excluding hydrogens is 252 g/mol. The summed E-state index contributed by atoms with van der Waals surface area (Å²) in [6.45, 7) is 1.33. The summed E-state index contributed by atoms with van der Waals surface area (Å²) < 4.78 is 5.24. The van der Waals surface area contributed by atoms with E-state index in [0.717, 1.165) is 12.8 Å². The van der Waals surface area contributed by atoms with Gasteiger partial charge < -0.3 is 24.7 Å². The van der Waals surface area contributed by atoms with E-state index in [1.54, 1.807) is 9.80 Å². The molecule has 1 heterocycles. The third-order valence-electron chi connectivity index (χ3n) is 3.48. The van der Waals surface area contributed by atoms with E-state index in [4.69, 9.17) is 9.84 Å². The predicted molar refractivity (Wildman–Crippen MR) is 65.8 cm³/mol. The zero-order valence-electron chi connectivity index (χ0n) is 10.8. The summed E-state index contributed by atoms with van der Waals surface area (Å²) in [5.41, 5.74) is 0. The molecule has 108 valence electrons. The van der Waals surface area contributed by atoms with E-state index in [2.05, 4.69) is 0 Å². The Morgan fingerprint density at radius 3 is 2.68 bits per heavy atom. The first-order chi connectivity index (χ1) is 9.13. The van der Waals surface area contributed by atoms with Crippen molar-refractivity contribution in [2.75, 3.05) is 32.9 Å². The van der Waals surface area contributed by atoms with Crippen molar-refractivity contribution in [3.05, 3.63) is 0 Å². The van der Waals surface area contributed by atoms with E-state index < -0.39 is 5.97 Å². The molecule has 0 aromatic carbocycles. The number of amides is 2. The lowest BCUT2D eigenvalue weighted by Gasteiger charge is -2.38. The Morgan fingerprint density at radius 2 is 2.11 bits per heavy atom. The van der Waals surface area contributed by atoms with Crippen molar-refractivity contribution in [1.29, 1.82) is 0 Å². The lowest BCUT2D eigenvalue weighted by atomic mass is 10.2. The molecule has 1 saturated heterocycles. The van der Waals surface area contributed by atoms with Gasteiger partial charge in [0.15, 0.2) is 0 Å². The maximum absolute atomic E-state index is 12.5. The van der Waals surface area contributed by atoms with Crippen LogP contribution in [0.2, 0.25) is 0 Å². The van der Waals surface area contributed by atoms with Gasteiger partial charge in [0.25, 0.3) is 0 Å². The second-order valence-corrected chi connectivity index (χ2v) is 4.96. The lowest BCUT2D eigenvalue weighted by molar-refractivity contribution is -0.137. The third kappa shape index (κ3) is 3.57. The summed E-state index contributed by atoms with van der Waals surface area (Å²) in [5, 5.41) is 18.0. The van der Waals surface area contributed by atoms with Gasteiger partial charge in [0.1, 0.15) is 0 Å². The number of urea groups is 1. The number of carbonyl (C=O) groups excluding carboxylic acids is 1. The van der Waals surface area contributed by atoms with Crippen molar-refractivity contribution in [2.45, 2.75) is 31.3 Å². The summed E-state index contributed by atoms with van der Waals surface area (Å²) in [5.74, 6) is -0.904. The van der Waals surface area contributed by atoms with Crippen molar-refractivity contribution < 1.29 is 24.5 Å². The van der Waals surface area contributed by atoms with Crippen molar-refractivity contribution >= 4 is 12.0 Å². The van der Waals surface area contributed by atoms with Crippen LogP contribution in [0.15, 0.2) is 0 Å². The highest BCUT2D eigenvalue weighted by atomic mass is 16.5. The Hall–Kier alpha value is -1.34. The summed E-state index contributed by atoms with van der Waals surface area (Å²) in [7, 11) is 0.